The molecule has 0 aromatic heterocycles. The molecule has 0 radical (unpaired) electrons. The maximum atomic E-state index is 5.64. The molecule has 1 aromatic rings. The van der Waals surface area contributed by atoms with Crippen molar-refractivity contribution < 1.29 is 4.74 Å². The quantitative estimate of drug-likeness (QED) is 0.565. The van der Waals surface area contributed by atoms with Gasteiger partial charge in [0.25, 0.3) is 0 Å². The van der Waals surface area contributed by atoms with Gasteiger partial charge in [-0.15, -0.1) is 0 Å². The number of hydrazine groups is 1. The molecule has 0 saturated heterocycles. The fraction of sp³-hybridized carbons (Fsp3) is 0.571. The second-order valence-electron chi connectivity index (χ2n) is 4.45. The van der Waals surface area contributed by atoms with Gasteiger partial charge in [0.1, 0.15) is 5.75 Å². The minimum absolute atomic E-state index is 0.185. The first-order valence-corrected chi connectivity index (χ1v) is 6.41. The van der Waals surface area contributed by atoms with E-state index in [4.69, 9.17) is 10.6 Å². The summed E-state index contributed by atoms with van der Waals surface area (Å²) < 4.78 is 5.64. The third kappa shape index (κ3) is 4.02. The molecule has 1 aromatic carbocycles. The van der Waals surface area contributed by atoms with Gasteiger partial charge in [0.15, 0.2) is 0 Å². The Bertz CT molecular complexity index is 328. The smallest absolute Gasteiger partial charge is 0.119 e. The SMILES string of the molecule is CCCOc1cccc(C(NN)C(C)CC)c1. The molecule has 2 atom stereocenters. The molecule has 2 unspecified atom stereocenters. The van der Waals surface area contributed by atoms with Gasteiger partial charge in [-0.1, -0.05) is 39.3 Å². The average Bonchev–Trinajstić information content (AvgIpc) is 2.37. The van der Waals surface area contributed by atoms with Crippen molar-refractivity contribution in [2.75, 3.05) is 6.61 Å². The van der Waals surface area contributed by atoms with Gasteiger partial charge < -0.3 is 4.74 Å². The zero-order chi connectivity index (χ0) is 12.7. The summed E-state index contributed by atoms with van der Waals surface area (Å²) in [6.45, 7) is 7.23. The predicted octanol–water partition coefficient (Wildman–Crippen LogP) is 3.03. The summed E-state index contributed by atoms with van der Waals surface area (Å²) in [6.07, 6.45) is 2.11. The normalized spacial score (nSPS) is 14.4. The summed E-state index contributed by atoms with van der Waals surface area (Å²) in [5.41, 5.74) is 4.09. The predicted molar refractivity (Wildman–Crippen MR) is 71.7 cm³/mol. The Balaban J connectivity index is 2.81. The van der Waals surface area contributed by atoms with Crippen LogP contribution in [-0.4, -0.2) is 6.61 Å². The first-order valence-electron chi connectivity index (χ1n) is 6.41. The molecule has 0 aliphatic carbocycles. The number of benzene rings is 1. The van der Waals surface area contributed by atoms with Crippen LogP contribution in [0.25, 0.3) is 0 Å². The van der Waals surface area contributed by atoms with Crippen molar-refractivity contribution in [1.82, 2.24) is 5.43 Å². The number of hydrogen-bond acceptors (Lipinski definition) is 3. The Morgan fingerprint density at radius 2 is 2.12 bits per heavy atom. The van der Waals surface area contributed by atoms with Gasteiger partial charge in [-0.25, -0.2) is 0 Å². The molecule has 17 heavy (non-hydrogen) atoms. The van der Waals surface area contributed by atoms with E-state index in [1.807, 2.05) is 12.1 Å². The zero-order valence-corrected chi connectivity index (χ0v) is 11.1. The first-order chi connectivity index (χ1) is 8.22. The monoisotopic (exact) mass is 236 g/mol. The Hall–Kier alpha value is -1.06. The summed E-state index contributed by atoms with van der Waals surface area (Å²) in [6, 6.07) is 8.36. The van der Waals surface area contributed by atoms with E-state index in [1.165, 1.54) is 5.56 Å². The van der Waals surface area contributed by atoms with E-state index in [1.54, 1.807) is 0 Å². The van der Waals surface area contributed by atoms with Crippen LogP contribution < -0.4 is 16.0 Å². The minimum Gasteiger partial charge on any atom is -0.494 e. The van der Waals surface area contributed by atoms with Crippen LogP contribution in [0.3, 0.4) is 0 Å². The van der Waals surface area contributed by atoms with Crippen molar-refractivity contribution in [3.8, 4) is 5.75 Å². The van der Waals surface area contributed by atoms with Crippen molar-refractivity contribution in [3.63, 3.8) is 0 Å². The zero-order valence-electron chi connectivity index (χ0n) is 11.1. The molecule has 3 heteroatoms. The molecule has 0 aliphatic rings. The van der Waals surface area contributed by atoms with E-state index >= 15 is 0 Å². The van der Waals surface area contributed by atoms with Crippen LogP contribution in [0.1, 0.15) is 45.2 Å². The number of rotatable bonds is 7. The van der Waals surface area contributed by atoms with Gasteiger partial charge in [0.2, 0.25) is 0 Å². The van der Waals surface area contributed by atoms with Gasteiger partial charge in [0, 0.05) is 6.04 Å². The first kappa shape index (κ1) is 14.0. The van der Waals surface area contributed by atoms with Crippen LogP contribution in [0, 0.1) is 5.92 Å². The molecule has 0 saturated carbocycles. The molecule has 0 spiro atoms. The number of ether oxygens (including phenoxy) is 1. The lowest BCUT2D eigenvalue weighted by atomic mass is 9.93. The average molecular weight is 236 g/mol. The summed E-state index contributed by atoms with van der Waals surface area (Å²) in [5.74, 6) is 7.07. The Kier molecular flexibility index (Phi) is 6.01. The topological polar surface area (TPSA) is 47.3 Å². The molecule has 0 bridgehead atoms. The van der Waals surface area contributed by atoms with Crippen LogP contribution in [-0.2, 0) is 0 Å². The lowest BCUT2D eigenvalue weighted by Crippen LogP contribution is -2.32. The summed E-state index contributed by atoms with van der Waals surface area (Å²) in [4.78, 5) is 0. The molecule has 3 N–H and O–H groups in total. The van der Waals surface area contributed by atoms with Crippen LogP contribution in [0.2, 0.25) is 0 Å². The van der Waals surface area contributed by atoms with Crippen LogP contribution in [0.5, 0.6) is 5.75 Å². The fourth-order valence-electron chi connectivity index (χ4n) is 1.84. The standard InChI is InChI=1S/C14H24N2O/c1-4-9-17-13-8-6-7-12(10-13)14(16-15)11(3)5-2/h6-8,10-11,14,16H,4-5,9,15H2,1-3H3. The largest absolute Gasteiger partial charge is 0.494 e. The highest BCUT2D eigenvalue weighted by Crippen LogP contribution is 2.26. The van der Waals surface area contributed by atoms with E-state index in [2.05, 4.69) is 38.3 Å². The van der Waals surface area contributed by atoms with Crippen molar-refractivity contribution in [1.29, 1.82) is 0 Å². The molecule has 0 aliphatic heterocycles. The van der Waals surface area contributed by atoms with E-state index < -0.39 is 0 Å². The summed E-state index contributed by atoms with van der Waals surface area (Å²) in [7, 11) is 0. The van der Waals surface area contributed by atoms with E-state index in [-0.39, 0.29) is 6.04 Å². The Morgan fingerprint density at radius 3 is 2.71 bits per heavy atom. The van der Waals surface area contributed by atoms with Crippen molar-refractivity contribution in [3.05, 3.63) is 29.8 Å². The molecule has 96 valence electrons. The maximum absolute atomic E-state index is 5.64. The molecule has 0 heterocycles. The highest BCUT2D eigenvalue weighted by atomic mass is 16.5. The lowest BCUT2D eigenvalue weighted by molar-refractivity contribution is 0.315. The molecular weight excluding hydrogens is 212 g/mol. The second kappa shape index (κ2) is 7.30. The van der Waals surface area contributed by atoms with Gasteiger partial charge in [-0.3, -0.25) is 11.3 Å². The van der Waals surface area contributed by atoms with Gasteiger partial charge >= 0.3 is 0 Å². The number of nitrogens with one attached hydrogen (secondary N) is 1. The Labute approximate surface area is 104 Å². The van der Waals surface area contributed by atoms with Gasteiger partial charge in [-0.05, 0) is 30.0 Å². The second-order valence-corrected chi connectivity index (χ2v) is 4.45. The molecule has 3 nitrogen and oxygen atoms in total. The third-order valence-corrected chi connectivity index (χ3v) is 3.08. The van der Waals surface area contributed by atoms with E-state index in [0.29, 0.717) is 5.92 Å². The molecule has 0 fully saturated rings. The van der Waals surface area contributed by atoms with Crippen molar-refractivity contribution in [2.45, 2.75) is 39.7 Å². The van der Waals surface area contributed by atoms with Gasteiger partial charge in [0.05, 0.1) is 6.61 Å². The fourth-order valence-corrected chi connectivity index (χ4v) is 1.84. The highest BCUT2D eigenvalue weighted by Gasteiger charge is 2.16. The van der Waals surface area contributed by atoms with Crippen LogP contribution in [0.15, 0.2) is 24.3 Å². The minimum atomic E-state index is 0.185. The van der Waals surface area contributed by atoms with Crippen LogP contribution in [0.4, 0.5) is 0 Å². The Morgan fingerprint density at radius 1 is 1.35 bits per heavy atom. The molecule has 1 rings (SSSR count). The highest BCUT2D eigenvalue weighted by molar-refractivity contribution is 5.30. The van der Waals surface area contributed by atoms with Crippen molar-refractivity contribution in [2.24, 2.45) is 11.8 Å². The van der Waals surface area contributed by atoms with Crippen molar-refractivity contribution >= 4 is 0 Å². The third-order valence-electron chi connectivity index (χ3n) is 3.08. The number of nitrogens with two attached hydrogens (primary N) is 1. The summed E-state index contributed by atoms with van der Waals surface area (Å²) >= 11 is 0. The van der Waals surface area contributed by atoms with Crippen LogP contribution >= 0.6 is 0 Å². The van der Waals surface area contributed by atoms with Gasteiger partial charge in [-0.2, -0.15) is 0 Å². The maximum Gasteiger partial charge on any atom is 0.119 e. The van der Waals surface area contributed by atoms with E-state index in [9.17, 15) is 0 Å². The summed E-state index contributed by atoms with van der Waals surface area (Å²) in [5, 5.41) is 0. The molecule has 0 amide bonds. The molecular formula is C14H24N2O. The lowest BCUT2D eigenvalue weighted by Gasteiger charge is -2.23. The van der Waals surface area contributed by atoms with E-state index in [0.717, 1.165) is 25.2 Å². The number of hydrogen-bond donors (Lipinski definition) is 2.